The first-order valence-electron chi connectivity index (χ1n) is 6.86. The van der Waals surface area contributed by atoms with Crippen molar-refractivity contribution in [1.82, 2.24) is 15.5 Å². The number of rotatable bonds is 6. The molecule has 1 rings (SSSR count). The number of carbonyl (C=O) groups excluding carboxylic acids is 2. The minimum Gasteiger partial charge on any atom is -0.358 e. The first-order valence-corrected chi connectivity index (χ1v) is 6.86. The summed E-state index contributed by atoms with van der Waals surface area (Å²) in [5.74, 6) is 0.497. The topological polar surface area (TPSA) is 61.4 Å². The Balaban J connectivity index is 0.00000324. The lowest BCUT2D eigenvalue weighted by Crippen LogP contribution is -2.41. The van der Waals surface area contributed by atoms with E-state index in [1.165, 1.54) is 0 Å². The van der Waals surface area contributed by atoms with Crippen LogP contribution in [-0.2, 0) is 9.59 Å². The molecule has 0 aromatic carbocycles. The summed E-state index contributed by atoms with van der Waals surface area (Å²) in [4.78, 5) is 25.2. The van der Waals surface area contributed by atoms with Crippen molar-refractivity contribution in [3.05, 3.63) is 0 Å². The molecule has 0 aromatic rings. The minimum absolute atomic E-state index is 0. The molecule has 0 bridgehead atoms. The van der Waals surface area contributed by atoms with E-state index in [1.807, 2.05) is 6.92 Å². The van der Waals surface area contributed by atoms with Crippen molar-refractivity contribution < 1.29 is 9.59 Å². The summed E-state index contributed by atoms with van der Waals surface area (Å²) in [6, 6.07) is 0. The zero-order valence-electron chi connectivity index (χ0n) is 11.9. The second kappa shape index (κ2) is 10.0. The first-order chi connectivity index (χ1) is 8.67. The molecule has 19 heavy (non-hydrogen) atoms. The van der Waals surface area contributed by atoms with E-state index in [4.69, 9.17) is 0 Å². The molecule has 2 N–H and O–H groups in total. The molecule has 0 spiro atoms. The van der Waals surface area contributed by atoms with E-state index >= 15 is 0 Å². The molecule has 0 aromatic heterocycles. The molecule has 112 valence electrons. The van der Waals surface area contributed by atoms with Crippen molar-refractivity contribution >= 4 is 24.2 Å². The average molecular weight is 292 g/mol. The second-order valence-corrected chi connectivity index (χ2v) is 4.89. The molecule has 0 atom stereocenters. The molecular formula is C13H26ClN3O2. The van der Waals surface area contributed by atoms with Crippen LogP contribution < -0.4 is 10.6 Å². The van der Waals surface area contributed by atoms with E-state index in [0.29, 0.717) is 18.9 Å². The Morgan fingerprint density at radius 3 is 2.47 bits per heavy atom. The molecule has 0 saturated carbocycles. The summed E-state index contributed by atoms with van der Waals surface area (Å²) >= 11 is 0. The highest BCUT2D eigenvalue weighted by Gasteiger charge is 2.21. The fourth-order valence-corrected chi connectivity index (χ4v) is 2.28. The maximum Gasteiger partial charge on any atom is 0.239 e. The lowest BCUT2D eigenvalue weighted by molar-refractivity contribution is -0.136. The highest BCUT2D eigenvalue weighted by molar-refractivity contribution is 5.85. The zero-order valence-corrected chi connectivity index (χ0v) is 12.7. The van der Waals surface area contributed by atoms with E-state index in [-0.39, 0.29) is 30.8 Å². The van der Waals surface area contributed by atoms with Gasteiger partial charge in [-0.2, -0.15) is 0 Å². The van der Waals surface area contributed by atoms with Gasteiger partial charge < -0.3 is 15.5 Å². The Kier molecular flexibility index (Phi) is 9.61. The van der Waals surface area contributed by atoms with Crippen LogP contribution in [0.2, 0.25) is 0 Å². The number of nitrogens with zero attached hydrogens (tertiary/aromatic N) is 1. The summed E-state index contributed by atoms with van der Waals surface area (Å²) < 4.78 is 0. The van der Waals surface area contributed by atoms with Crippen molar-refractivity contribution in [2.45, 2.75) is 32.6 Å². The molecule has 1 saturated heterocycles. The maximum absolute atomic E-state index is 12.2. The normalized spacial score (nSPS) is 15.5. The summed E-state index contributed by atoms with van der Waals surface area (Å²) in [5, 5.41) is 5.86. The monoisotopic (exact) mass is 291 g/mol. The van der Waals surface area contributed by atoms with Crippen LogP contribution in [0.25, 0.3) is 0 Å². The molecule has 1 fully saturated rings. The highest BCUT2D eigenvalue weighted by atomic mass is 35.5. The average Bonchev–Trinajstić information content (AvgIpc) is 2.39. The first kappa shape index (κ1) is 18.2. The lowest BCUT2D eigenvalue weighted by Gasteiger charge is -2.26. The van der Waals surface area contributed by atoms with Crippen molar-refractivity contribution in [2.24, 2.45) is 5.92 Å². The number of carbonyl (C=O) groups is 2. The van der Waals surface area contributed by atoms with Gasteiger partial charge in [0, 0.05) is 20.0 Å². The number of hydrogen-bond donors (Lipinski definition) is 2. The van der Waals surface area contributed by atoms with E-state index < -0.39 is 0 Å². The van der Waals surface area contributed by atoms with Crippen LogP contribution >= 0.6 is 12.4 Å². The number of hydrogen-bond acceptors (Lipinski definition) is 3. The van der Waals surface area contributed by atoms with E-state index in [0.717, 1.165) is 32.4 Å². The molecule has 0 aliphatic carbocycles. The largest absolute Gasteiger partial charge is 0.358 e. The van der Waals surface area contributed by atoms with Crippen LogP contribution in [0, 0.1) is 5.92 Å². The highest BCUT2D eigenvalue weighted by Crippen LogP contribution is 2.17. The van der Waals surface area contributed by atoms with Crippen LogP contribution in [0.1, 0.15) is 32.6 Å². The molecule has 5 nitrogen and oxygen atoms in total. The van der Waals surface area contributed by atoms with Gasteiger partial charge in [-0.15, -0.1) is 12.4 Å². The predicted octanol–water partition coefficient (Wildman–Crippen LogP) is 0.782. The molecule has 1 heterocycles. The van der Waals surface area contributed by atoms with E-state index in [2.05, 4.69) is 10.6 Å². The van der Waals surface area contributed by atoms with Crippen LogP contribution in [-0.4, -0.2) is 49.9 Å². The second-order valence-electron chi connectivity index (χ2n) is 4.89. The maximum atomic E-state index is 12.2. The van der Waals surface area contributed by atoms with Crippen molar-refractivity contribution in [3.63, 3.8) is 0 Å². The van der Waals surface area contributed by atoms with Crippen LogP contribution in [0.4, 0.5) is 0 Å². The number of amides is 2. The molecule has 0 radical (unpaired) electrons. The molecule has 1 aliphatic heterocycles. The fourth-order valence-electron chi connectivity index (χ4n) is 2.28. The summed E-state index contributed by atoms with van der Waals surface area (Å²) in [6.07, 6.45) is 3.59. The van der Waals surface area contributed by atoms with E-state index in [9.17, 15) is 9.59 Å². The van der Waals surface area contributed by atoms with Gasteiger partial charge in [-0.25, -0.2) is 0 Å². The third-order valence-corrected chi connectivity index (χ3v) is 3.38. The summed E-state index contributed by atoms with van der Waals surface area (Å²) in [6.45, 7) is 4.88. The number of nitrogens with one attached hydrogen (secondary N) is 2. The Labute approximate surface area is 121 Å². The zero-order chi connectivity index (χ0) is 13.4. The molecule has 1 aliphatic rings. The third-order valence-electron chi connectivity index (χ3n) is 3.38. The Bertz CT molecular complexity index is 281. The molecular weight excluding hydrogens is 266 g/mol. The van der Waals surface area contributed by atoms with Gasteiger partial charge >= 0.3 is 0 Å². The van der Waals surface area contributed by atoms with Crippen LogP contribution in [0.3, 0.4) is 0 Å². The van der Waals surface area contributed by atoms with Gasteiger partial charge in [0.2, 0.25) is 11.8 Å². The minimum atomic E-state index is -0.0953. The van der Waals surface area contributed by atoms with Crippen LogP contribution in [0.15, 0.2) is 0 Å². The smallest absolute Gasteiger partial charge is 0.239 e. The molecule has 6 heteroatoms. The van der Waals surface area contributed by atoms with Crippen LogP contribution in [0.5, 0.6) is 0 Å². The van der Waals surface area contributed by atoms with Gasteiger partial charge in [0.25, 0.3) is 0 Å². The standard InChI is InChI=1S/C13H25N3O2.ClH/c1-3-8-16(10-12(17)14-2)13(18)9-11-4-6-15-7-5-11;/h11,15H,3-10H2,1-2H3,(H,14,17);1H. The predicted molar refractivity (Wildman–Crippen MR) is 78.4 cm³/mol. The van der Waals surface area contributed by atoms with Gasteiger partial charge in [0.1, 0.15) is 0 Å². The Morgan fingerprint density at radius 1 is 1.32 bits per heavy atom. The number of likely N-dealkylation sites (N-methyl/N-ethyl adjacent to an activating group) is 1. The Morgan fingerprint density at radius 2 is 1.95 bits per heavy atom. The Hall–Kier alpha value is -0.810. The molecule has 0 unspecified atom stereocenters. The number of piperidine rings is 1. The van der Waals surface area contributed by atoms with Gasteiger partial charge in [0.05, 0.1) is 6.54 Å². The van der Waals surface area contributed by atoms with Crippen molar-refractivity contribution in [3.8, 4) is 0 Å². The van der Waals surface area contributed by atoms with Gasteiger partial charge in [-0.3, -0.25) is 9.59 Å². The molecule has 2 amide bonds. The third kappa shape index (κ3) is 6.78. The quantitative estimate of drug-likeness (QED) is 0.760. The summed E-state index contributed by atoms with van der Waals surface area (Å²) in [7, 11) is 1.60. The SMILES string of the molecule is CCCN(CC(=O)NC)C(=O)CC1CCNCC1.Cl. The van der Waals surface area contributed by atoms with Crippen molar-refractivity contribution in [1.29, 1.82) is 0 Å². The van der Waals surface area contributed by atoms with Gasteiger partial charge in [-0.05, 0) is 38.3 Å². The summed E-state index contributed by atoms with van der Waals surface area (Å²) in [5.41, 5.74) is 0. The fraction of sp³-hybridized carbons (Fsp3) is 0.846. The van der Waals surface area contributed by atoms with Crippen molar-refractivity contribution in [2.75, 3.05) is 33.2 Å². The van der Waals surface area contributed by atoms with E-state index in [1.54, 1.807) is 11.9 Å². The lowest BCUT2D eigenvalue weighted by atomic mass is 9.94. The van der Waals surface area contributed by atoms with Gasteiger partial charge in [0.15, 0.2) is 0 Å². The van der Waals surface area contributed by atoms with Gasteiger partial charge in [-0.1, -0.05) is 6.92 Å². The number of halogens is 1.